The topological polar surface area (TPSA) is 23.9 Å². The molecular formula is C6H12FN. The number of nitrogens with one attached hydrogen (secondary N) is 1. The van der Waals surface area contributed by atoms with Crippen LogP contribution in [0.1, 0.15) is 26.7 Å². The molecular weight excluding hydrogens is 105 g/mol. The van der Waals surface area contributed by atoms with Crippen molar-refractivity contribution in [1.82, 2.24) is 0 Å². The second kappa shape index (κ2) is 3.58. The molecule has 0 radical (unpaired) electrons. The van der Waals surface area contributed by atoms with Gasteiger partial charge in [-0.3, -0.25) is 0 Å². The Morgan fingerprint density at radius 2 is 2.25 bits per heavy atom. The fourth-order valence-corrected chi connectivity index (χ4v) is 0.484. The van der Waals surface area contributed by atoms with E-state index >= 15 is 0 Å². The van der Waals surface area contributed by atoms with Gasteiger partial charge in [-0.25, -0.2) is 4.39 Å². The van der Waals surface area contributed by atoms with Gasteiger partial charge in [-0.05, 0) is 13.3 Å². The maximum Gasteiger partial charge on any atom is 0.102 e. The molecule has 1 atom stereocenters. The van der Waals surface area contributed by atoms with Crippen molar-refractivity contribution in [2.24, 2.45) is 0 Å². The number of alkyl halides is 1. The van der Waals surface area contributed by atoms with E-state index in [1.165, 1.54) is 6.92 Å². The first kappa shape index (κ1) is 7.60. The number of hydrogen-bond donors (Lipinski definition) is 1. The highest BCUT2D eigenvalue weighted by atomic mass is 19.1. The SMILES string of the molecule is CCC(=N)C[C@H](C)F. The van der Waals surface area contributed by atoms with Crippen molar-refractivity contribution in [2.75, 3.05) is 0 Å². The van der Waals surface area contributed by atoms with Crippen molar-refractivity contribution in [3.8, 4) is 0 Å². The lowest BCUT2D eigenvalue weighted by Gasteiger charge is -1.98. The zero-order valence-corrected chi connectivity index (χ0v) is 5.37. The standard InChI is InChI=1S/C6H12FN/c1-3-6(8)4-5(2)7/h5,8H,3-4H2,1-2H3/t5-/m0/s1. The van der Waals surface area contributed by atoms with E-state index in [1.54, 1.807) is 0 Å². The summed E-state index contributed by atoms with van der Waals surface area (Å²) in [5.74, 6) is 0. The van der Waals surface area contributed by atoms with Crippen molar-refractivity contribution < 1.29 is 4.39 Å². The minimum absolute atomic E-state index is 0.302. The Bertz CT molecular complexity index is 78.6. The van der Waals surface area contributed by atoms with Gasteiger partial charge in [0.1, 0.15) is 6.17 Å². The molecule has 0 unspecified atom stereocenters. The predicted octanol–water partition coefficient (Wildman–Crippen LogP) is 2.16. The van der Waals surface area contributed by atoms with Crippen molar-refractivity contribution >= 4 is 5.71 Å². The molecule has 0 aliphatic rings. The zero-order chi connectivity index (χ0) is 6.57. The molecule has 0 bridgehead atoms. The van der Waals surface area contributed by atoms with Crippen LogP contribution in [0, 0.1) is 5.41 Å². The molecule has 0 aromatic heterocycles. The molecule has 0 aromatic rings. The summed E-state index contributed by atoms with van der Waals surface area (Å²) >= 11 is 0. The third-order valence-electron chi connectivity index (χ3n) is 0.954. The summed E-state index contributed by atoms with van der Waals surface area (Å²) in [5.41, 5.74) is 0.500. The number of rotatable bonds is 3. The summed E-state index contributed by atoms with van der Waals surface area (Å²) in [5, 5.41) is 7.03. The van der Waals surface area contributed by atoms with E-state index in [-0.39, 0.29) is 0 Å². The van der Waals surface area contributed by atoms with Crippen LogP contribution in [0.25, 0.3) is 0 Å². The molecule has 0 saturated heterocycles. The lowest BCUT2D eigenvalue weighted by Crippen LogP contribution is -2.02. The molecule has 0 amide bonds. The van der Waals surface area contributed by atoms with Crippen LogP contribution >= 0.6 is 0 Å². The van der Waals surface area contributed by atoms with Crippen molar-refractivity contribution in [1.29, 1.82) is 5.41 Å². The van der Waals surface area contributed by atoms with Gasteiger partial charge in [0.05, 0.1) is 0 Å². The highest BCUT2D eigenvalue weighted by molar-refractivity contribution is 5.81. The van der Waals surface area contributed by atoms with Gasteiger partial charge in [-0.15, -0.1) is 0 Å². The van der Waals surface area contributed by atoms with E-state index in [9.17, 15) is 4.39 Å². The van der Waals surface area contributed by atoms with E-state index in [4.69, 9.17) is 5.41 Å². The monoisotopic (exact) mass is 117 g/mol. The molecule has 48 valence electrons. The maximum atomic E-state index is 12.0. The summed E-state index contributed by atoms with van der Waals surface area (Å²) in [6.07, 6.45) is 0.132. The zero-order valence-electron chi connectivity index (χ0n) is 5.37. The summed E-state index contributed by atoms with van der Waals surface area (Å²) in [4.78, 5) is 0. The van der Waals surface area contributed by atoms with Gasteiger partial charge < -0.3 is 5.41 Å². The Morgan fingerprint density at radius 3 is 2.38 bits per heavy atom. The van der Waals surface area contributed by atoms with Crippen LogP contribution in [0.4, 0.5) is 4.39 Å². The summed E-state index contributed by atoms with van der Waals surface area (Å²) in [6, 6.07) is 0. The second-order valence-corrected chi connectivity index (χ2v) is 1.94. The van der Waals surface area contributed by atoms with Crippen LogP contribution in [0.5, 0.6) is 0 Å². The smallest absolute Gasteiger partial charge is 0.102 e. The molecule has 0 aromatic carbocycles. The molecule has 1 nitrogen and oxygen atoms in total. The molecule has 0 rings (SSSR count). The molecule has 0 saturated carbocycles. The molecule has 0 aliphatic carbocycles. The van der Waals surface area contributed by atoms with E-state index in [0.29, 0.717) is 18.6 Å². The lowest BCUT2D eigenvalue weighted by molar-refractivity contribution is 0.371. The highest BCUT2D eigenvalue weighted by Gasteiger charge is 1.99. The second-order valence-electron chi connectivity index (χ2n) is 1.94. The van der Waals surface area contributed by atoms with Crippen LogP contribution < -0.4 is 0 Å². The molecule has 1 N–H and O–H groups in total. The minimum atomic E-state index is -0.845. The van der Waals surface area contributed by atoms with Crippen LogP contribution in [0.3, 0.4) is 0 Å². The van der Waals surface area contributed by atoms with Gasteiger partial charge in [-0.1, -0.05) is 6.92 Å². The van der Waals surface area contributed by atoms with E-state index in [2.05, 4.69) is 0 Å². The third kappa shape index (κ3) is 3.78. The predicted molar refractivity (Wildman–Crippen MR) is 33.2 cm³/mol. The minimum Gasteiger partial charge on any atom is -0.310 e. The van der Waals surface area contributed by atoms with Gasteiger partial charge in [-0.2, -0.15) is 0 Å². The first-order valence-corrected chi connectivity index (χ1v) is 2.87. The first-order valence-electron chi connectivity index (χ1n) is 2.87. The summed E-state index contributed by atoms with van der Waals surface area (Å²) < 4.78 is 12.0. The van der Waals surface area contributed by atoms with Crippen LogP contribution in [0.2, 0.25) is 0 Å². The fraction of sp³-hybridized carbons (Fsp3) is 0.833. The molecule has 2 heteroatoms. The molecule has 8 heavy (non-hydrogen) atoms. The Labute approximate surface area is 49.4 Å². The third-order valence-corrected chi connectivity index (χ3v) is 0.954. The Hall–Kier alpha value is -0.400. The molecule has 0 spiro atoms. The largest absolute Gasteiger partial charge is 0.310 e. The lowest BCUT2D eigenvalue weighted by atomic mass is 10.2. The van der Waals surface area contributed by atoms with Gasteiger partial charge >= 0.3 is 0 Å². The molecule has 0 fully saturated rings. The highest BCUT2D eigenvalue weighted by Crippen LogP contribution is 1.98. The van der Waals surface area contributed by atoms with Crippen molar-refractivity contribution in [3.05, 3.63) is 0 Å². The van der Waals surface area contributed by atoms with Gasteiger partial charge in [0.2, 0.25) is 0 Å². The Kier molecular flexibility index (Phi) is 3.40. The van der Waals surface area contributed by atoms with Gasteiger partial charge in [0, 0.05) is 12.1 Å². The van der Waals surface area contributed by atoms with E-state index in [1.807, 2.05) is 6.92 Å². The molecule has 0 aliphatic heterocycles. The normalized spacial score (nSPS) is 13.4. The average molecular weight is 117 g/mol. The quantitative estimate of drug-likeness (QED) is 0.548. The first-order chi connectivity index (χ1) is 3.66. The van der Waals surface area contributed by atoms with Gasteiger partial charge in [0.15, 0.2) is 0 Å². The van der Waals surface area contributed by atoms with Gasteiger partial charge in [0.25, 0.3) is 0 Å². The Morgan fingerprint density at radius 1 is 1.75 bits per heavy atom. The number of hydrogen-bond acceptors (Lipinski definition) is 1. The van der Waals surface area contributed by atoms with Crippen LogP contribution in [-0.2, 0) is 0 Å². The summed E-state index contributed by atoms with van der Waals surface area (Å²) in [7, 11) is 0. The van der Waals surface area contributed by atoms with E-state index < -0.39 is 6.17 Å². The number of halogens is 1. The van der Waals surface area contributed by atoms with Crippen molar-refractivity contribution in [2.45, 2.75) is 32.9 Å². The van der Waals surface area contributed by atoms with Crippen molar-refractivity contribution in [3.63, 3.8) is 0 Å². The Balaban J connectivity index is 3.25. The van der Waals surface area contributed by atoms with Crippen LogP contribution in [-0.4, -0.2) is 11.9 Å². The summed E-state index contributed by atoms with van der Waals surface area (Å²) in [6.45, 7) is 3.34. The average Bonchev–Trinajstić information content (AvgIpc) is 1.65. The van der Waals surface area contributed by atoms with E-state index in [0.717, 1.165) is 0 Å². The van der Waals surface area contributed by atoms with Crippen LogP contribution in [0.15, 0.2) is 0 Å². The fourth-order valence-electron chi connectivity index (χ4n) is 0.484. The molecule has 0 heterocycles. The maximum absolute atomic E-state index is 12.0.